The molecule has 6 heteroatoms. The number of nitrogens with one attached hydrogen (secondary N) is 1. The van der Waals surface area contributed by atoms with Crippen LogP contribution in [-0.4, -0.2) is 32.8 Å². The molecule has 0 bridgehead atoms. The first-order chi connectivity index (χ1) is 10.1. The Morgan fingerprint density at radius 1 is 1.43 bits per heavy atom. The van der Waals surface area contributed by atoms with Crippen molar-refractivity contribution in [2.45, 2.75) is 37.7 Å². The van der Waals surface area contributed by atoms with Gasteiger partial charge in [-0.25, -0.2) is 0 Å². The van der Waals surface area contributed by atoms with Crippen LogP contribution in [0.15, 0.2) is 24.4 Å². The van der Waals surface area contributed by atoms with Crippen LogP contribution in [0, 0.1) is 42.8 Å². The average Bonchev–Trinajstić information content (AvgIpc) is 2.85. The van der Waals surface area contributed by atoms with Crippen LogP contribution < -0.4 is 6.05 Å². The van der Waals surface area contributed by atoms with Crippen molar-refractivity contribution in [1.29, 1.82) is 0 Å². The quantitative estimate of drug-likeness (QED) is 0.653. The van der Waals surface area contributed by atoms with Crippen molar-refractivity contribution in [1.82, 2.24) is 14.9 Å². The van der Waals surface area contributed by atoms with E-state index in [1.807, 2.05) is 24.4 Å². The second kappa shape index (κ2) is 6.37. The van der Waals surface area contributed by atoms with Crippen LogP contribution in [0.4, 0.5) is 0 Å². The minimum absolute atomic E-state index is 0.128. The van der Waals surface area contributed by atoms with Gasteiger partial charge in [0.15, 0.2) is 0 Å². The minimum atomic E-state index is -0.730. The number of rotatable bonds is 3. The first-order valence-corrected chi connectivity index (χ1v) is 11.6. The number of nitrogens with zero attached hydrogens (tertiary/aromatic N) is 2. The Morgan fingerprint density at radius 2 is 2.19 bits per heavy atom. The van der Waals surface area contributed by atoms with Gasteiger partial charge in [0.1, 0.15) is 0 Å². The summed E-state index contributed by atoms with van der Waals surface area (Å²) in [6.45, 7) is 0.334. The molecular weight excluding hydrogens is 480 g/mol. The number of carbonyl (C=O) groups excluding carboxylic acids is 1. The van der Waals surface area contributed by atoms with Gasteiger partial charge in [-0.15, -0.1) is 0 Å². The monoisotopic (exact) mass is 499 g/mol. The standard InChI is InChI=1S/C15H18N3O2.Ra.H/c19-14(16-11-15(20)7-2-1-3-8-15)12-5-4-10-18-13(12)6-9-17-18;;/h4-6,10,20H,1-3,7-8,11H2,(H,16,19);;. The van der Waals surface area contributed by atoms with Crippen molar-refractivity contribution in [3.05, 3.63) is 30.0 Å². The van der Waals surface area contributed by atoms with E-state index in [1.165, 1.54) is 6.42 Å². The molecule has 1 fully saturated rings. The number of fused-ring (bicyclic) bond motifs is 1. The molecule has 1 amide bonds. The molecule has 2 aromatic rings. The number of hydrogen-bond acceptors (Lipinski definition) is 3. The number of hydrogen-bond donors (Lipinski definition) is 2. The molecule has 2 N–H and O–H groups in total. The Hall–Kier alpha value is -0.412. The molecule has 2 aromatic heterocycles. The van der Waals surface area contributed by atoms with Gasteiger partial charge in [0.2, 0.25) is 0 Å². The van der Waals surface area contributed by atoms with Crippen molar-refractivity contribution in [3.8, 4) is 0 Å². The summed E-state index contributed by atoms with van der Waals surface area (Å²) >= 11 is 0.173. The number of aromatic nitrogens is 2. The summed E-state index contributed by atoms with van der Waals surface area (Å²) in [7, 11) is 0. The molecule has 0 spiro atoms. The maximum absolute atomic E-state index is 12.4. The molecule has 1 aliphatic carbocycles. The second-order valence-corrected chi connectivity index (χ2v) is 10.2. The molecule has 21 heavy (non-hydrogen) atoms. The van der Waals surface area contributed by atoms with Gasteiger partial charge in [-0.05, 0) is 0 Å². The van der Waals surface area contributed by atoms with E-state index >= 15 is 0 Å². The van der Waals surface area contributed by atoms with E-state index in [1.54, 1.807) is 4.52 Å². The topological polar surface area (TPSA) is 66.6 Å². The molecular formula is C15H19N3O2Ra. The van der Waals surface area contributed by atoms with Crippen molar-refractivity contribution >= 4 is 12.2 Å². The number of aliphatic hydroxyl groups is 1. The first kappa shape index (κ1) is 15.5. The predicted molar refractivity (Wildman–Crippen MR) is 76.6 cm³/mol. The van der Waals surface area contributed by atoms with E-state index in [0.717, 1.165) is 31.9 Å². The van der Waals surface area contributed by atoms with Crippen molar-refractivity contribution < 1.29 is 52.7 Å². The Bertz CT molecular complexity index is 662. The van der Waals surface area contributed by atoms with Gasteiger partial charge in [0.25, 0.3) is 0 Å². The SMILES string of the molecule is O=C(NCC1(O)CCCCC1)c1cccn2n[c]([RaH])cc12. The molecule has 1 saturated carbocycles. The second-order valence-electron chi connectivity index (χ2n) is 6.01. The fourth-order valence-corrected chi connectivity index (χ4v) is 5.07. The summed E-state index contributed by atoms with van der Waals surface area (Å²) in [6, 6.07) is 5.64. The molecule has 0 saturated heterocycles. The summed E-state index contributed by atoms with van der Waals surface area (Å²) in [4.78, 5) is 12.4. The number of carbonyl (C=O) groups is 1. The molecule has 0 aromatic carbocycles. The van der Waals surface area contributed by atoms with Gasteiger partial charge in [-0.1, -0.05) is 0 Å². The molecule has 0 radical (unpaired) electrons. The summed E-state index contributed by atoms with van der Waals surface area (Å²) in [5.74, 6) is -0.128. The van der Waals surface area contributed by atoms with Gasteiger partial charge in [-0.3, -0.25) is 0 Å². The summed E-state index contributed by atoms with van der Waals surface area (Å²) in [5, 5.41) is 17.8. The van der Waals surface area contributed by atoms with Crippen LogP contribution in [0.25, 0.3) is 5.52 Å². The third kappa shape index (κ3) is 3.50. The van der Waals surface area contributed by atoms with Crippen molar-refractivity contribution in [3.63, 3.8) is 0 Å². The Labute approximate surface area is 152 Å². The van der Waals surface area contributed by atoms with Gasteiger partial charge in [0.05, 0.1) is 0 Å². The molecule has 1 aliphatic rings. The number of pyridine rings is 1. The van der Waals surface area contributed by atoms with Gasteiger partial charge >= 0.3 is 154 Å². The summed E-state index contributed by atoms with van der Waals surface area (Å²) < 4.78 is 2.87. The zero-order chi connectivity index (χ0) is 14.9. The molecule has 5 nitrogen and oxygen atoms in total. The van der Waals surface area contributed by atoms with E-state index < -0.39 is 5.60 Å². The third-order valence-corrected chi connectivity index (χ3v) is 6.24. The molecule has 3 rings (SSSR count). The van der Waals surface area contributed by atoms with E-state index in [-0.39, 0.29) is 48.7 Å². The fourth-order valence-electron chi connectivity index (χ4n) is 3.06. The predicted octanol–water partition coefficient (Wildman–Crippen LogP) is 0.666. The van der Waals surface area contributed by atoms with E-state index in [9.17, 15) is 9.90 Å². The Balaban J connectivity index is 1.75. The molecule has 0 unspecified atom stereocenters. The average molecular weight is 499 g/mol. The molecule has 2 heterocycles. The fraction of sp³-hybridized carbons (Fsp3) is 0.467. The van der Waals surface area contributed by atoms with Crippen LogP contribution in [0.1, 0.15) is 42.5 Å². The van der Waals surface area contributed by atoms with Gasteiger partial charge in [-0.2, -0.15) is 0 Å². The van der Waals surface area contributed by atoms with E-state index in [4.69, 9.17) is 0 Å². The van der Waals surface area contributed by atoms with Crippen LogP contribution in [0.2, 0.25) is 0 Å². The van der Waals surface area contributed by atoms with Crippen molar-refractivity contribution in [2.75, 3.05) is 6.54 Å². The molecule has 108 valence electrons. The van der Waals surface area contributed by atoms with Crippen LogP contribution >= 0.6 is 0 Å². The van der Waals surface area contributed by atoms with Gasteiger partial charge < -0.3 is 0 Å². The summed E-state index contributed by atoms with van der Waals surface area (Å²) in [5.41, 5.74) is 0.754. The van der Waals surface area contributed by atoms with Crippen LogP contribution in [-0.2, 0) is 0 Å². The van der Waals surface area contributed by atoms with Crippen LogP contribution in [0.5, 0.6) is 0 Å². The van der Waals surface area contributed by atoms with Crippen LogP contribution in [0.3, 0.4) is 0 Å². The van der Waals surface area contributed by atoms with Crippen molar-refractivity contribution in [2.24, 2.45) is 0 Å². The first-order valence-electron chi connectivity index (χ1n) is 7.53. The molecule has 0 atom stereocenters. The summed E-state index contributed by atoms with van der Waals surface area (Å²) in [6.07, 6.45) is 6.67. The zero-order valence-corrected chi connectivity index (χ0v) is 20.5. The third-order valence-electron chi connectivity index (χ3n) is 4.23. The normalized spacial score (nSPS) is 17.7. The Kier molecular flexibility index (Phi) is 4.70. The molecule has 0 aliphatic heterocycles. The van der Waals surface area contributed by atoms with E-state index in [0.29, 0.717) is 12.1 Å². The van der Waals surface area contributed by atoms with Gasteiger partial charge in [0, 0.05) is 0 Å². The van der Waals surface area contributed by atoms with E-state index in [2.05, 4.69) is 10.4 Å². The maximum atomic E-state index is 12.4. The zero-order valence-electron chi connectivity index (χ0n) is 12.3. The number of amides is 1. The Morgan fingerprint density at radius 3 is 2.95 bits per heavy atom.